The lowest BCUT2D eigenvalue weighted by molar-refractivity contribution is -0.144. The zero-order chi connectivity index (χ0) is 69.5. The van der Waals surface area contributed by atoms with Gasteiger partial charge in [0.1, 0.15) is 0 Å². The highest BCUT2D eigenvalue weighted by atomic mass is 19.4. The van der Waals surface area contributed by atoms with Crippen molar-refractivity contribution in [1.82, 2.24) is 14.1 Å². The van der Waals surface area contributed by atoms with Crippen molar-refractivity contribution >= 4 is 43.6 Å². The van der Waals surface area contributed by atoms with E-state index in [2.05, 4.69) is 4.98 Å². The Kier molecular flexibility index (Phi) is 15.3. The SMILES string of the molecule is N#Cc1ccccc1-c1c(-n2c3cc(-c4cc(C(F)(F)F)cc(C(F)(F)F)c4)ccc3c3ccc(-c4cc(C(F)(F)F)cc(C(F)(F)F)c4)cc32)cncc1-n1c2cc(-c3cc(C(F)(F)F)cc(C(F)(F)F)c3)ccc2c2ccc(-c3cc(C(F)(F)F)cc(C(F)(F)F)c3)cc21. The molecule has 0 unspecified atom stereocenters. The van der Waals surface area contributed by atoms with Gasteiger partial charge in [-0.05, 0) is 148 Å². The molecule has 0 atom stereocenters. The normalized spacial score (nSPS) is 13.2. The lowest BCUT2D eigenvalue weighted by Crippen LogP contribution is -2.11. The fraction of sp³-hybridized carbons (Fsp3) is 0.118. The van der Waals surface area contributed by atoms with Crippen molar-refractivity contribution in [3.05, 3.63) is 232 Å². The van der Waals surface area contributed by atoms with Crippen molar-refractivity contribution in [3.63, 3.8) is 0 Å². The minimum Gasteiger partial charge on any atom is -0.307 e. The van der Waals surface area contributed by atoms with Gasteiger partial charge in [0.25, 0.3) is 0 Å². The lowest BCUT2D eigenvalue weighted by atomic mass is 9.97. The molecule has 0 bridgehead atoms. The number of halogens is 24. The van der Waals surface area contributed by atoms with Gasteiger partial charge in [0, 0.05) is 32.7 Å². The van der Waals surface area contributed by atoms with Crippen LogP contribution in [0.2, 0.25) is 0 Å². The molecule has 0 aliphatic heterocycles. The Bertz CT molecular complexity index is 4510. The Morgan fingerprint density at radius 3 is 0.719 bits per heavy atom. The highest BCUT2D eigenvalue weighted by Crippen LogP contribution is 2.49. The second-order valence-corrected chi connectivity index (χ2v) is 22.0. The minimum atomic E-state index is -5.40. The second kappa shape index (κ2) is 22.3. The molecule has 9 aromatic carbocycles. The van der Waals surface area contributed by atoms with Gasteiger partial charge in [0.05, 0.1) is 102 Å². The van der Waals surface area contributed by atoms with E-state index < -0.39 is 138 Å². The highest BCUT2D eigenvalue weighted by molar-refractivity contribution is 6.14. The molecule has 3 heterocycles. The van der Waals surface area contributed by atoms with E-state index in [1.54, 1.807) is 0 Å². The summed E-state index contributed by atoms with van der Waals surface area (Å²) >= 11 is 0. The van der Waals surface area contributed by atoms with Crippen LogP contribution in [0.25, 0.3) is 111 Å². The summed E-state index contributed by atoms with van der Waals surface area (Å²) in [5.41, 5.74) is -21.0. The van der Waals surface area contributed by atoms with Crippen molar-refractivity contribution in [1.29, 1.82) is 5.26 Å². The summed E-state index contributed by atoms with van der Waals surface area (Å²) in [5, 5.41) is 10.9. The summed E-state index contributed by atoms with van der Waals surface area (Å²) in [4.78, 5) is 4.47. The molecule has 12 aromatic rings. The van der Waals surface area contributed by atoms with E-state index in [0.29, 0.717) is 48.5 Å². The highest BCUT2D eigenvalue weighted by Gasteiger charge is 2.42. The van der Waals surface area contributed by atoms with Gasteiger partial charge in [0.15, 0.2) is 0 Å². The van der Waals surface area contributed by atoms with Crippen molar-refractivity contribution in [2.75, 3.05) is 0 Å². The molecule has 28 heteroatoms. The summed E-state index contributed by atoms with van der Waals surface area (Å²) < 4.78 is 349. The van der Waals surface area contributed by atoms with E-state index in [4.69, 9.17) is 0 Å². The van der Waals surface area contributed by atoms with Crippen molar-refractivity contribution < 1.29 is 105 Å². The van der Waals surface area contributed by atoms with E-state index in [0.717, 1.165) is 60.9 Å². The fourth-order valence-electron chi connectivity index (χ4n) is 11.6. The van der Waals surface area contributed by atoms with Crippen LogP contribution in [0.15, 0.2) is 182 Å². The first-order chi connectivity index (χ1) is 44.6. The summed E-state index contributed by atoms with van der Waals surface area (Å²) in [6.07, 6.45) is -41.1. The van der Waals surface area contributed by atoms with Crippen LogP contribution in [0.3, 0.4) is 0 Å². The standard InChI is InChI=1S/C68H30F24N4/c69-61(70,71)41-13-37(14-42(25-41)62(72,73)74)32-5-9-50-51-10-6-33(38-15-43(63(75,76)77)26-44(16-38)64(78,79)80)22-55(51)95(54(50)21-32)58-30-94-31-59(60(58)49-4-2-1-3-36(49)29-93)96-56-23-34(39-17-45(65(81,82)83)27-46(18-39)66(84,85)86)7-11-52(56)53-12-8-35(24-57(53)96)40-19-47(67(87,88)89)28-48(20-40)68(90,91)92/h1-28,30-31H. The quantitative estimate of drug-likeness (QED) is 0.149. The van der Waals surface area contributed by atoms with Gasteiger partial charge in [-0.15, -0.1) is 0 Å². The first-order valence-electron chi connectivity index (χ1n) is 27.4. The molecule has 0 spiro atoms. The number of rotatable bonds is 7. The molecule has 0 amide bonds. The van der Waals surface area contributed by atoms with Crippen molar-refractivity contribution in [2.24, 2.45) is 0 Å². The van der Waals surface area contributed by atoms with E-state index in [1.807, 2.05) is 6.07 Å². The summed E-state index contributed by atoms with van der Waals surface area (Å²) in [7, 11) is 0. The van der Waals surface area contributed by atoms with E-state index in [9.17, 15) is 111 Å². The number of aromatic nitrogens is 3. The van der Waals surface area contributed by atoms with Crippen LogP contribution in [-0.2, 0) is 49.4 Å². The van der Waals surface area contributed by atoms with Gasteiger partial charge < -0.3 is 9.13 Å². The molecule has 0 fully saturated rings. The van der Waals surface area contributed by atoms with Crippen molar-refractivity contribution in [2.45, 2.75) is 49.4 Å². The van der Waals surface area contributed by atoms with E-state index in [-0.39, 0.29) is 95.9 Å². The molecule has 12 rings (SSSR count). The monoisotopic (exact) mass is 1360 g/mol. The van der Waals surface area contributed by atoms with Gasteiger partial charge in [-0.25, -0.2) is 0 Å². The third kappa shape index (κ3) is 12.1. The maximum absolute atomic E-state index is 14.5. The number of hydrogen-bond donors (Lipinski definition) is 0. The Morgan fingerprint density at radius 1 is 0.271 bits per heavy atom. The molecule has 3 aromatic heterocycles. The second-order valence-electron chi connectivity index (χ2n) is 22.0. The smallest absolute Gasteiger partial charge is 0.307 e. The van der Waals surface area contributed by atoms with Gasteiger partial charge in [0.2, 0.25) is 0 Å². The molecule has 490 valence electrons. The number of fused-ring (bicyclic) bond motifs is 6. The van der Waals surface area contributed by atoms with E-state index in [1.165, 1.54) is 57.7 Å². The first-order valence-corrected chi connectivity index (χ1v) is 27.4. The fourth-order valence-corrected chi connectivity index (χ4v) is 11.6. The Hall–Kier alpha value is -10.5. The topological polar surface area (TPSA) is 46.5 Å². The molecule has 0 saturated heterocycles. The zero-order valence-corrected chi connectivity index (χ0v) is 47.2. The van der Waals surface area contributed by atoms with E-state index >= 15 is 0 Å². The third-order valence-corrected chi connectivity index (χ3v) is 15.9. The van der Waals surface area contributed by atoms with Crippen molar-refractivity contribution in [3.8, 4) is 73.1 Å². The Labute approximate surface area is 521 Å². The Morgan fingerprint density at radius 2 is 0.500 bits per heavy atom. The number of nitriles is 1. The molecule has 96 heavy (non-hydrogen) atoms. The average Bonchev–Trinajstić information content (AvgIpc) is 1.56. The predicted octanol–water partition coefficient (Wildman–Crippen LogP) is 23.6. The van der Waals surface area contributed by atoms with Gasteiger partial charge in [-0.2, -0.15) is 111 Å². The van der Waals surface area contributed by atoms with Crippen LogP contribution >= 0.6 is 0 Å². The van der Waals surface area contributed by atoms with Gasteiger partial charge in [-0.3, -0.25) is 4.98 Å². The first kappa shape index (κ1) is 65.6. The minimum absolute atomic E-state index is 0.0121. The summed E-state index contributed by atoms with van der Waals surface area (Å²) in [5.74, 6) is 0. The summed E-state index contributed by atoms with van der Waals surface area (Å²) in [6.45, 7) is 0. The number of nitrogens with zero attached hydrogens (tertiary/aromatic N) is 4. The van der Waals surface area contributed by atoms with Crippen LogP contribution in [0.5, 0.6) is 0 Å². The van der Waals surface area contributed by atoms with Crippen LogP contribution in [-0.4, -0.2) is 14.1 Å². The molecule has 4 nitrogen and oxygen atoms in total. The molecular weight excluding hydrogens is 1330 g/mol. The van der Waals surface area contributed by atoms with Crippen LogP contribution < -0.4 is 0 Å². The van der Waals surface area contributed by atoms with Gasteiger partial charge in [-0.1, -0.05) is 66.7 Å². The molecule has 0 saturated carbocycles. The molecule has 0 radical (unpaired) electrons. The summed E-state index contributed by atoms with van der Waals surface area (Å²) in [6, 6.07) is 23.0. The number of alkyl halides is 24. The third-order valence-electron chi connectivity index (χ3n) is 15.9. The number of benzene rings is 9. The average molecular weight is 1360 g/mol. The van der Waals surface area contributed by atoms with Crippen LogP contribution in [0, 0.1) is 11.3 Å². The maximum atomic E-state index is 14.5. The molecule has 0 aliphatic carbocycles. The molecule has 0 N–H and O–H groups in total. The number of pyridine rings is 1. The zero-order valence-electron chi connectivity index (χ0n) is 47.2. The van der Waals surface area contributed by atoms with Crippen LogP contribution in [0.4, 0.5) is 105 Å². The van der Waals surface area contributed by atoms with Gasteiger partial charge >= 0.3 is 49.4 Å². The number of hydrogen-bond acceptors (Lipinski definition) is 2. The molecular formula is C68H30F24N4. The van der Waals surface area contributed by atoms with Crippen LogP contribution in [0.1, 0.15) is 50.1 Å². The Balaban J connectivity index is 1.25. The molecule has 0 aliphatic rings. The largest absolute Gasteiger partial charge is 0.416 e. The lowest BCUT2D eigenvalue weighted by Gasteiger charge is -2.21. The maximum Gasteiger partial charge on any atom is 0.416 e. The predicted molar refractivity (Wildman–Crippen MR) is 305 cm³/mol.